The number of rotatable bonds is 7. The molecule has 0 bridgehead atoms. The number of benzene rings is 1. The quantitative estimate of drug-likeness (QED) is 0.740. The second kappa shape index (κ2) is 7.30. The van der Waals surface area contributed by atoms with Crippen molar-refractivity contribution in [2.75, 3.05) is 32.2 Å². The van der Waals surface area contributed by atoms with Crippen molar-refractivity contribution in [1.82, 2.24) is 0 Å². The predicted molar refractivity (Wildman–Crippen MR) is 71.5 cm³/mol. The number of nitrogens with zero attached hydrogens (tertiary/aromatic N) is 1. The first-order chi connectivity index (χ1) is 8.20. The molecule has 1 aromatic rings. The van der Waals surface area contributed by atoms with E-state index in [4.69, 9.17) is 4.74 Å². The molecule has 0 amide bonds. The molecular formula is C14H23NO2. The molecule has 0 aromatic heterocycles. The fourth-order valence-corrected chi connectivity index (χ4v) is 1.90. The first kappa shape index (κ1) is 14.0. The van der Waals surface area contributed by atoms with E-state index >= 15 is 0 Å². The van der Waals surface area contributed by atoms with Gasteiger partial charge in [-0.2, -0.15) is 0 Å². The van der Waals surface area contributed by atoms with Crippen molar-refractivity contribution < 1.29 is 9.84 Å². The van der Waals surface area contributed by atoms with Gasteiger partial charge in [-0.1, -0.05) is 25.1 Å². The Morgan fingerprint density at radius 1 is 1.35 bits per heavy atom. The monoisotopic (exact) mass is 237 g/mol. The third-order valence-electron chi connectivity index (χ3n) is 2.94. The zero-order valence-electron chi connectivity index (χ0n) is 11.0. The van der Waals surface area contributed by atoms with Crippen LogP contribution >= 0.6 is 0 Å². The summed E-state index contributed by atoms with van der Waals surface area (Å²) in [5.41, 5.74) is 2.12. The van der Waals surface area contributed by atoms with Crippen molar-refractivity contribution in [2.24, 2.45) is 0 Å². The molecule has 1 aromatic carbocycles. The van der Waals surface area contributed by atoms with Crippen LogP contribution in [0.5, 0.6) is 0 Å². The number of aliphatic hydroxyl groups excluding tert-OH is 1. The minimum Gasteiger partial charge on any atom is -0.388 e. The van der Waals surface area contributed by atoms with Crippen molar-refractivity contribution in [1.29, 1.82) is 0 Å². The molecule has 1 N–H and O–H groups in total. The van der Waals surface area contributed by atoms with Gasteiger partial charge in [0.05, 0.1) is 6.10 Å². The number of hydrogen-bond donors (Lipinski definition) is 1. The van der Waals surface area contributed by atoms with Crippen molar-refractivity contribution >= 4 is 5.69 Å². The molecule has 96 valence electrons. The maximum Gasteiger partial charge on any atom is 0.0807 e. The maximum absolute atomic E-state index is 9.98. The smallest absolute Gasteiger partial charge is 0.0807 e. The van der Waals surface area contributed by atoms with Crippen LogP contribution < -0.4 is 4.90 Å². The fourth-order valence-electron chi connectivity index (χ4n) is 1.90. The van der Waals surface area contributed by atoms with Crippen LogP contribution in [0.2, 0.25) is 0 Å². The first-order valence-corrected chi connectivity index (χ1v) is 6.17. The molecule has 0 spiro atoms. The molecule has 1 rings (SSSR count). The molecule has 3 nitrogen and oxygen atoms in total. The fraction of sp³-hybridized carbons (Fsp3) is 0.571. The molecule has 0 radical (unpaired) electrons. The van der Waals surface area contributed by atoms with Gasteiger partial charge in [0.1, 0.15) is 0 Å². The standard InChI is InChI=1S/C14H23NO2/c1-4-14(16)12-8-5-6-9-13(12)15(2)10-7-11-17-3/h5-6,8-9,14,16H,4,7,10-11H2,1-3H3/t14-/m1/s1. The molecule has 0 aliphatic heterocycles. The van der Waals surface area contributed by atoms with E-state index in [0.29, 0.717) is 0 Å². The zero-order valence-corrected chi connectivity index (χ0v) is 11.0. The van der Waals surface area contributed by atoms with Crippen LogP contribution in [-0.2, 0) is 4.74 Å². The molecule has 3 heteroatoms. The molecule has 17 heavy (non-hydrogen) atoms. The third-order valence-corrected chi connectivity index (χ3v) is 2.94. The average Bonchev–Trinajstić information content (AvgIpc) is 2.38. The zero-order chi connectivity index (χ0) is 12.7. The highest BCUT2D eigenvalue weighted by molar-refractivity contribution is 5.54. The van der Waals surface area contributed by atoms with E-state index in [0.717, 1.165) is 37.2 Å². The minimum absolute atomic E-state index is 0.379. The Labute approximate surface area is 104 Å². The molecule has 0 fully saturated rings. The number of anilines is 1. The van der Waals surface area contributed by atoms with E-state index in [1.165, 1.54) is 0 Å². The number of para-hydroxylation sites is 1. The lowest BCUT2D eigenvalue weighted by Crippen LogP contribution is -2.21. The molecule has 0 unspecified atom stereocenters. The Morgan fingerprint density at radius 3 is 2.71 bits per heavy atom. The van der Waals surface area contributed by atoms with Crippen molar-refractivity contribution in [3.8, 4) is 0 Å². The van der Waals surface area contributed by atoms with Crippen LogP contribution in [0, 0.1) is 0 Å². The van der Waals surface area contributed by atoms with Crippen molar-refractivity contribution in [3.63, 3.8) is 0 Å². The van der Waals surface area contributed by atoms with Crippen LogP contribution in [0.15, 0.2) is 24.3 Å². The van der Waals surface area contributed by atoms with E-state index in [1.54, 1.807) is 7.11 Å². The maximum atomic E-state index is 9.98. The molecule has 0 heterocycles. The van der Waals surface area contributed by atoms with E-state index < -0.39 is 0 Å². The topological polar surface area (TPSA) is 32.7 Å². The normalized spacial score (nSPS) is 12.5. The van der Waals surface area contributed by atoms with Gasteiger partial charge in [0.25, 0.3) is 0 Å². The van der Waals surface area contributed by atoms with Gasteiger partial charge in [-0.15, -0.1) is 0 Å². The predicted octanol–water partition coefficient (Wildman–Crippen LogP) is 2.60. The highest BCUT2D eigenvalue weighted by Crippen LogP contribution is 2.27. The van der Waals surface area contributed by atoms with E-state index in [-0.39, 0.29) is 6.10 Å². The third kappa shape index (κ3) is 4.02. The lowest BCUT2D eigenvalue weighted by molar-refractivity contribution is 0.174. The molecule has 0 aliphatic rings. The van der Waals surface area contributed by atoms with E-state index in [9.17, 15) is 5.11 Å². The van der Waals surface area contributed by atoms with Crippen LogP contribution in [0.4, 0.5) is 5.69 Å². The summed E-state index contributed by atoms with van der Waals surface area (Å²) in [6, 6.07) is 8.03. The highest BCUT2D eigenvalue weighted by Gasteiger charge is 2.12. The van der Waals surface area contributed by atoms with Gasteiger partial charge in [-0.25, -0.2) is 0 Å². The Kier molecular flexibility index (Phi) is 6.01. The summed E-state index contributed by atoms with van der Waals surface area (Å²) < 4.78 is 5.05. The molecule has 1 atom stereocenters. The minimum atomic E-state index is -0.379. The largest absolute Gasteiger partial charge is 0.388 e. The van der Waals surface area contributed by atoms with Crippen LogP contribution in [-0.4, -0.2) is 32.4 Å². The summed E-state index contributed by atoms with van der Waals surface area (Å²) >= 11 is 0. The second-order valence-corrected chi connectivity index (χ2v) is 4.25. The van der Waals surface area contributed by atoms with E-state index in [2.05, 4.69) is 18.0 Å². The number of hydrogen-bond acceptors (Lipinski definition) is 3. The van der Waals surface area contributed by atoms with Gasteiger partial charge in [0.15, 0.2) is 0 Å². The highest BCUT2D eigenvalue weighted by atomic mass is 16.5. The summed E-state index contributed by atoms with van der Waals surface area (Å²) in [6.45, 7) is 3.69. The molecule has 0 saturated carbocycles. The number of aliphatic hydroxyl groups is 1. The van der Waals surface area contributed by atoms with Gasteiger partial charge in [-0.05, 0) is 18.9 Å². The van der Waals surface area contributed by atoms with Gasteiger partial charge >= 0.3 is 0 Å². The van der Waals surface area contributed by atoms with Crippen LogP contribution in [0.25, 0.3) is 0 Å². The Balaban J connectivity index is 2.74. The summed E-state index contributed by atoms with van der Waals surface area (Å²) in [7, 11) is 3.77. The number of methoxy groups -OCH3 is 1. The summed E-state index contributed by atoms with van der Waals surface area (Å²) in [5, 5.41) is 9.98. The van der Waals surface area contributed by atoms with Crippen molar-refractivity contribution in [3.05, 3.63) is 29.8 Å². The molecular weight excluding hydrogens is 214 g/mol. The van der Waals surface area contributed by atoms with Gasteiger partial charge in [0.2, 0.25) is 0 Å². The summed E-state index contributed by atoms with van der Waals surface area (Å²) in [5.74, 6) is 0. The lowest BCUT2D eigenvalue weighted by atomic mass is 10.0. The van der Waals surface area contributed by atoms with Crippen molar-refractivity contribution in [2.45, 2.75) is 25.9 Å². The summed E-state index contributed by atoms with van der Waals surface area (Å²) in [4.78, 5) is 2.17. The van der Waals surface area contributed by atoms with E-state index in [1.807, 2.05) is 25.1 Å². The Bertz CT molecular complexity index is 328. The SMILES string of the molecule is CC[C@@H](O)c1ccccc1N(C)CCCOC. The van der Waals surface area contributed by atoms with Gasteiger partial charge in [0, 0.05) is 38.6 Å². The van der Waals surface area contributed by atoms with Gasteiger partial charge in [-0.3, -0.25) is 0 Å². The van der Waals surface area contributed by atoms with Crippen LogP contribution in [0.1, 0.15) is 31.4 Å². The van der Waals surface area contributed by atoms with Crippen LogP contribution in [0.3, 0.4) is 0 Å². The molecule has 0 aliphatic carbocycles. The first-order valence-electron chi connectivity index (χ1n) is 6.17. The van der Waals surface area contributed by atoms with Gasteiger partial charge < -0.3 is 14.7 Å². The Hall–Kier alpha value is -1.06. The lowest BCUT2D eigenvalue weighted by Gasteiger charge is -2.24. The summed E-state index contributed by atoms with van der Waals surface area (Å²) in [6.07, 6.45) is 1.35. The second-order valence-electron chi connectivity index (χ2n) is 4.25. The molecule has 0 saturated heterocycles. The average molecular weight is 237 g/mol. The number of ether oxygens (including phenoxy) is 1. The Morgan fingerprint density at radius 2 is 2.06 bits per heavy atom.